The van der Waals surface area contributed by atoms with Gasteiger partial charge in [0.15, 0.2) is 0 Å². The summed E-state index contributed by atoms with van der Waals surface area (Å²) >= 11 is 0. The summed E-state index contributed by atoms with van der Waals surface area (Å²) in [7, 11) is 0. The molecule has 94 valence electrons. The minimum atomic E-state index is 0.0139. The molecule has 2 saturated carbocycles. The summed E-state index contributed by atoms with van der Waals surface area (Å²) in [5.74, 6) is 0.442. The molecule has 1 atom stereocenters. The molecule has 2 rings (SSSR count). The molecule has 0 saturated heterocycles. The van der Waals surface area contributed by atoms with Gasteiger partial charge in [0.25, 0.3) is 0 Å². The minimum Gasteiger partial charge on any atom is -0.327 e. The monoisotopic (exact) mass is 225 g/mol. The summed E-state index contributed by atoms with van der Waals surface area (Å²) in [5.41, 5.74) is 6.26. The molecular formula is C14H27NO. The van der Waals surface area contributed by atoms with Crippen LogP contribution < -0.4 is 5.73 Å². The molecule has 0 bridgehead atoms. The second-order valence-corrected chi connectivity index (χ2v) is 6.65. The number of carbonyl (C=O) groups excluding carboxylic acids is 1. The topological polar surface area (TPSA) is 43.1 Å². The normalized spacial score (nSPS) is 31.1. The Morgan fingerprint density at radius 2 is 1.75 bits per heavy atom. The van der Waals surface area contributed by atoms with E-state index in [-0.39, 0.29) is 5.41 Å². The van der Waals surface area contributed by atoms with Gasteiger partial charge in [0.1, 0.15) is 5.78 Å². The number of rotatable bonds is 0. The highest BCUT2D eigenvalue weighted by atomic mass is 16.1. The third kappa shape index (κ3) is 3.31. The molecule has 16 heavy (non-hydrogen) atoms. The minimum absolute atomic E-state index is 0.0139. The van der Waals surface area contributed by atoms with E-state index in [0.29, 0.717) is 17.2 Å². The van der Waals surface area contributed by atoms with Gasteiger partial charge in [-0.3, -0.25) is 4.79 Å². The number of hydrogen-bond donors (Lipinski definition) is 1. The molecule has 0 radical (unpaired) electrons. The number of nitrogens with two attached hydrogens (primary N) is 1. The molecule has 0 aliphatic heterocycles. The molecule has 2 heteroatoms. The van der Waals surface area contributed by atoms with E-state index in [4.69, 9.17) is 5.73 Å². The summed E-state index contributed by atoms with van der Waals surface area (Å²) in [5, 5.41) is 0. The zero-order valence-electron chi connectivity index (χ0n) is 11.3. The summed E-state index contributed by atoms with van der Waals surface area (Å²) in [6.07, 6.45) is 6.88. The summed E-state index contributed by atoms with van der Waals surface area (Å²) in [4.78, 5) is 10.9. The molecule has 2 aliphatic carbocycles. The van der Waals surface area contributed by atoms with Crippen LogP contribution in [0.2, 0.25) is 0 Å². The van der Waals surface area contributed by atoms with Crippen LogP contribution >= 0.6 is 0 Å². The summed E-state index contributed by atoms with van der Waals surface area (Å²) < 4.78 is 0. The van der Waals surface area contributed by atoms with Crippen molar-refractivity contribution >= 4 is 5.78 Å². The molecule has 1 unspecified atom stereocenters. The maximum absolute atomic E-state index is 10.9. The largest absolute Gasteiger partial charge is 0.327 e. The van der Waals surface area contributed by atoms with E-state index in [1.807, 2.05) is 13.8 Å². The van der Waals surface area contributed by atoms with Gasteiger partial charge < -0.3 is 5.73 Å². The van der Waals surface area contributed by atoms with Crippen LogP contribution in [0.3, 0.4) is 0 Å². The van der Waals surface area contributed by atoms with Crippen molar-refractivity contribution in [3.8, 4) is 0 Å². The Morgan fingerprint density at radius 3 is 1.88 bits per heavy atom. The molecule has 0 spiro atoms. The van der Waals surface area contributed by atoms with Gasteiger partial charge in [-0.1, -0.05) is 34.1 Å². The van der Waals surface area contributed by atoms with Gasteiger partial charge >= 0.3 is 0 Å². The maximum atomic E-state index is 10.9. The van der Waals surface area contributed by atoms with Crippen LogP contribution in [0.25, 0.3) is 0 Å². The van der Waals surface area contributed by atoms with Gasteiger partial charge in [0.2, 0.25) is 0 Å². The van der Waals surface area contributed by atoms with Crippen molar-refractivity contribution in [2.75, 3.05) is 0 Å². The van der Waals surface area contributed by atoms with Crippen molar-refractivity contribution in [2.24, 2.45) is 16.6 Å². The molecule has 0 aromatic rings. The average molecular weight is 225 g/mol. The smallest absolute Gasteiger partial charge is 0.138 e. The SMILES string of the molecule is CC1(C)CCCC1=O.CC1(C)CCCC1N. The van der Waals surface area contributed by atoms with E-state index >= 15 is 0 Å². The summed E-state index contributed by atoms with van der Waals surface area (Å²) in [6, 6.07) is 0.461. The van der Waals surface area contributed by atoms with Gasteiger partial charge in [-0.2, -0.15) is 0 Å². The van der Waals surface area contributed by atoms with Crippen molar-refractivity contribution in [3.05, 3.63) is 0 Å². The highest BCUT2D eigenvalue weighted by molar-refractivity contribution is 5.85. The van der Waals surface area contributed by atoms with Crippen molar-refractivity contribution in [3.63, 3.8) is 0 Å². The van der Waals surface area contributed by atoms with Gasteiger partial charge in [0.05, 0.1) is 0 Å². The molecule has 2 nitrogen and oxygen atoms in total. The van der Waals surface area contributed by atoms with E-state index < -0.39 is 0 Å². The van der Waals surface area contributed by atoms with Crippen molar-refractivity contribution in [1.29, 1.82) is 0 Å². The molecule has 0 aromatic carbocycles. The Hall–Kier alpha value is -0.370. The molecule has 0 heterocycles. The second-order valence-electron chi connectivity index (χ2n) is 6.65. The molecule has 2 fully saturated rings. The lowest BCUT2D eigenvalue weighted by atomic mass is 9.88. The second kappa shape index (κ2) is 4.87. The molecule has 2 aliphatic rings. The maximum Gasteiger partial charge on any atom is 0.138 e. The van der Waals surface area contributed by atoms with Gasteiger partial charge in [-0.15, -0.1) is 0 Å². The lowest BCUT2D eigenvalue weighted by molar-refractivity contribution is -0.124. The number of hydrogen-bond acceptors (Lipinski definition) is 2. The Kier molecular flexibility index (Phi) is 4.17. The fraction of sp³-hybridized carbons (Fsp3) is 0.929. The molecule has 2 N–H and O–H groups in total. The highest BCUT2D eigenvalue weighted by Gasteiger charge is 2.32. The van der Waals surface area contributed by atoms with E-state index in [1.165, 1.54) is 19.3 Å². The van der Waals surface area contributed by atoms with Crippen molar-refractivity contribution in [2.45, 2.75) is 72.3 Å². The molecule has 0 amide bonds. The van der Waals surface area contributed by atoms with Gasteiger partial charge in [-0.05, 0) is 31.1 Å². The lowest BCUT2D eigenvalue weighted by Gasteiger charge is -2.22. The molecular weight excluding hydrogens is 198 g/mol. The van der Waals surface area contributed by atoms with Crippen LogP contribution in [0.4, 0.5) is 0 Å². The first-order valence-electron chi connectivity index (χ1n) is 6.55. The highest BCUT2D eigenvalue weighted by Crippen LogP contribution is 2.35. The Bertz CT molecular complexity index is 255. The number of carbonyl (C=O) groups is 1. The van der Waals surface area contributed by atoms with Crippen LogP contribution in [-0.2, 0) is 4.79 Å². The van der Waals surface area contributed by atoms with Crippen LogP contribution in [0.1, 0.15) is 66.2 Å². The van der Waals surface area contributed by atoms with Crippen molar-refractivity contribution in [1.82, 2.24) is 0 Å². The first-order valence-corrected chi connectivity index (χ1v) is 6.55. The quantitative estimate of drug-likeness (QED) is 0.687. The van der Waals surface area contributed by atoms with Crippen molar-refractivity contribution < 1.29 is 4.79 Å². The fourth-order valence-electron chi connectivity index (χ4n) is 2.52. The van der Waals surface area contributed by atoms with E-state index in [1.54, 1.807) is 0 Å². The predicted octanol–water partition coefficient (Wildman–Crippen LogP) is 3.29. The van der Waals surface area contributed by atoms with E-state index in [0.717, 1.165) is 19.3 Å². The Labute approximate surface area is 100.0 Å². The zero-order valence-corrected chi connectivity index (χ0v) is 11.3. The fourth-order valence-corrected chi connectivity index (χ4v) is 2.52. The third-order valence-electron chi connectivity index (χ3n) is 4.30. The van der Waals surface area contributed by atoms with E-state index in [9.17, 15) is 4.79 Å². The zero-order chi connectivity index (χ0) is 12.4. The summed E-state index contributed by atoms with van der Waals surface area (Å²) in [6.45, 7) is 8.57. The standard InChI is InChI=1S/C7H15N.C7H12O/c2*1-7(2)5-3-4-6(7)8/h6H,3-5,8H2,1-2H3;3-5H2,1-2H3. The van der Waals surface area contributed by atoms with Crippen LogP contribution in [0, 0.1) is 10.8 Å². The lowest BCUT2D eigenvalue weighted by Crippen LogP contribution is -2.31. The van der Waals surface area contributed by atoms with Crippen LogP contribution in [-0.4, -0.2) is 11.8 Å². The number of Topliss-reactive ketones (excluding diaryl/α,β-unsaturated/α-hetero) is 1. The third-order valence-corrected chi connectivity index (χ3v) is 4.30. The predicted molar refractivity (Wildman–Crippen MR) is 68.2 cm³/mol. The Morgan fingerprint density at radius 1 is 1.12 bits per heavy atom. The van der Waals surface area contributed by atoms with E-state index in [2.05, 4.69) is 13.8 Å². The van der Waals surface area contributed by atoms with Crippen LogP contribution in [0.15, 0.2) is 0 Å². The Balaban J connectivity index is 0.000000160. The van der Waals surface area contributed by atoms with Crippen LogP contribution in [0.5, 0.6) is 0 Å². The van der Waals surface area contributed by atoms with Gasteiger partial charge in [-0.25, -0.2) is 0 Å². The van der Waals surface area contributed by atoms with Gasteiger partial charge in [0, 0.05) is 17.9 Å². The first kappa shape index (κ1) is 13.7. The average Bonchev–Trinajstić information content (AvgIpc) is 2.60. The first-order chi connectivity index (χ1) is 7.26. The number of ketones is 1. The molecule has 0 aromatic heterocycles.